The third-order valence-corrected chi connectivity index (χ3v) is 5.30. The number of anilines is 2. The van der Waals surface area contributed by atoms with Crippen molar-refractivity contribution in [2.45, 2.75) is 51.2 Å². The number of nitrogens with two attached hydrogens (primary N) is 1. The Bertz CT molecular complexity index is 398. The Hall–Kier alpha value is -1.01. The van der Waals surface area contributed by atoms with Gasteiger partial charge >= 0.3 is 0 Å². The molecule has 114 valence electrons. The molecule has 0 aliphatic rings. The third kappa shape index (κ3) is 4.52. The first-order chi connectivity index (χ1) is 9.62. The summed E-state index contributed by atoms with van der Waals surface area (Å²) in [6.07, 6.45) is 6.31. The summed E-state index contributed by atoms with van der Waals surface area (Å²) in [4.78, 5) is 8.90. The number of thioether (sulfide) groups is 1. The van der Waals surface area contributed by atoms with Crippen LogP contribution in [0.2, 0.25) is 0 Å². The molecule has 0 unspecified atom stereocenters. The lowest BCUT2D eigenvalue weighted by atomic mass is 10.0. The van der Waals surface area contributed by atoms with Crippen LogP contribution in [0.5, 0.6) is 0 Å². The first-order valence-corrected chi connectivity index (χ1v) is 8.49. The Morgan fingerprint density at radius 1 is 1.20 bits per heavy atom. The molecule has 0 fully saturated rings. The van der Waals surface area contributed by atoms with Crippen LogP contribution in [0.15, 0.2) is 6.07 Å². The molecule has 1 heterocycles. The van der Waals surface area contributed by atoms with Crippen LogP contribution in [-0.4, -0.2) is 27.5 Å². The average Bonchev–Trinajstić information content (AvgIpc) is 2.49. The summed E-state index contributed by atoms with van der Waals surface area (Å²) in [6.45, 7) is 7.48. The molecule has 1 aromatic heterocycles. The second-order valence-electron chi connectivity index (χ2n) is 4.90. The van der Waals surface area contributed by atoms with Crippen molar-refractivity contribution in [1.82, 2.24) is 9.97 Å². The highest BCUT2D eigenvalue weighted by Crippen LogP contribution is 2.30. The highest BCUT2D eigenvalue weighted by atomic mass is 32.2. The molecule has 5 nitrogen and oxygen atoms in total. The van der Waals surface area contributed by atoms with E-state index in [0.29, 0.717) is 5.82 Å². The maximum absolute atomic E-state index is 5.47. The lowest BCUT2D eigenvalue weighted by Crippen LogP contribution is -2.32. The van der Waals surface area contributed by atoms with Crippen LogP contribution in [0, 0.1) is 0 Å². The van der Waals surface area contributed by atoms with Crippen molar-refractivity contribution in [1.29, 1.82) is 0 Å². The lowest BCUT2D eigenvalue weighted by Gasteiger charge is -2.30. The van der Waals surface area contributed by atoms with E-state index in [1.165, 1.54) is 0 Å². The van der Waals surface area contributed by atoms with Crippen LogP contribution in [0.25, 0.3) is 0 Å². The molecule has 0 aliphatic heterocycles. The van der Waals surface area contributed by atoms with Crippen LogP contribution in [-0.2, 0) is 6.42 Å². The SMILES string of the molecule is CCCc1nc(NN)cc(NCC(CC)(CC)SC)n1. The van der Waals surface area contributed by atoms with E-state index in [1.54, 1.807) is 0 Å². The topological polar surface area (TPSA) is 75.9 Å². The fourth-order valence-electron chi connectivity index (χ4n) is 2.11. The number of nitrogens with one attached hydrogen (secondary N) is 2. The number of rotatable bonds is 9. The fourth-order valence-corrected chi connectivity index (χ4v) is 2.90. The largest absolute Gasteiger partial charge is 0.369 e. The van der Waals surface area contributed by atoms with Gasteiger partial charge in [0.1, 0.15) is 17.5 Å². The smallest absolute Gasteiger partial charge is 0.145 e. The van der Waals surface area contributed by atoms with Gasteiger partial charge < -0.3 is 10.7 Å². The van der Waals surface area contributed by atoms with Gasteiger partial charge in [-0.3, -0.25) is 0 Å². The molecule has 1 aromatic rings. The van der Waals surface area contributed by atoms with Crippen LogP contribution in [0.3, 0.4) is 0 Å². The Labute approximate surface area is 126 Å². The Morgan fingerprint density at radius 3 is 2.35 bits per heavy atom. The van der Waals surface area contributed by atoms with Crippen molar-refractivity contribution >= 4 is 23.4 Å². The standard InChI is InChI=1S/C14H27N5S/c1-5-8-11-17-12(9-13(18-11)19-15)16-10-14(6-2,7-3)20-4/h9H,5-8,10,15H2,1-4H3,(H2,16,17,18,19). The predicted octanol–water partition coefficient (Wildman–Crippen LogP) is 3.05. The molecule has 1 rings (SSSR count). The van der Waals surface area contributed by atoms with Crippen LogP contribution >= 0.6 is 11.8 Å². The summed E-state index contributed by atoms with van der Waals surface area (Å²) < 4.78 is 0.256. The quantitative estimate of drug-likeness (QED) is 0.480. The highest BCUT2D eigenvalue weighted by Gasteiger charge is 2.24. The minimum absolute atomic E-state index is 0.256. The highest BCUT2D eigenvalue weighted by molar-refractivity contribution is 8.00. The van der Waals surface area contributed by atoms with E-state index in [1.807, 2.05) is 17.8 Å². The Kier molecular flexibility index (Phi) is 7.09. The number of nitrogen functional groups attached to an aromatic ring is 1. The summed E-state index contributed by atoms with van der Waals surface area (Å²) in [5.74, 6) is 7.80. The first kappa shape index (κ1) is 17.0. The van der Waals surface area contributed by atoms with E-state index in [-0.39, 0.29) is 4.75 Å². The van der Waals surface area contributed by atoms with Crippen LogP contribution in [0.1, 0.15) is 45.9 Å². The molecule has 0 aromatic carbocycles. The molecule has 0 saturated heterocycles. The van der Waals surface area contributed by atoms with Crippen molar-refractivity contribution in [2.24, 2.45) is 5.84 Å². The lowest BCUT2D eigenvalue weighted by molar-refractivity contribution is 0.573. The Balaban J connectivity index is 2.83. The first-order valence-electron chi connectivity index (χ1n) is 7.26. The normalized spacial score (nSPS) is 11.4. The molecule has 0 spiro atoms. The Morgan fingerprint density at radius 2 is 1.85 bits per heavy atom. The van der Waals surface area contributed by atoms with Gasteiger partial charge in [-0.25, -0.2) is 15.8 Å². The van der Waals surface area contributed by atoms with Crippen molar-refractivity contribution < 1.29 is 0 Å². The summed E-state index contributed by atoms with van der Waals surface area (Å²) >= 11 is 1.91. The number of nitrogens with zero attached hydrogens (tertiary/aromatic N) is 2. The van der Waals surface area contributed by atoms with Gasteiger partial charge in [-0.15, -0.1) is 0 Å². The number of hydrogen-bond acceptors (Lipinski definition) is 6. The second-order valence-corrected chi connectivity index (χ2v) is 6.17. The molecule has 0 aliphatic carbocycles. The molecule has 20 heavy (non-hydrogen) atoms. The molecule has 0 radical (unpaired) electrons. The van der Waals surface area contributed by atoms with Gasteiger partial charge in [0.2, 0.25) is 0 Å². The molecule has 6 heteroatoms. The van der Waals surface area contributed by atoms with Gasteiger partial charge in [0, 0.05) is 23.8 Å². The van der Waals surface area contributed by atoms with E-state index in [9.17, 15) is 0 Å². The van der Waals surface area contributed by atoms with E-state index in [2.05, 4.69) is 47.7 Å². The van der Waals surface area contributed by atoms with Crippen LogP contribution in [0.4, 0.5) is 11.6 Å². The summed E-state index contributed by atoms with van der Waals surface area (Å²) in [7, 11) is 0. The zero-order valence-corrected chi connectivity index (χ0v) is 13.8. The molecular formula is C14H27N5S. The van der Waals surface area contributed by atoms with Crippen molar-refractivity contribution in [2.75, 3.05) is 23.5 Å². The number of aryl methyl sites for hydroxylation is 1. The van der Waals surface area contributed by atoms with Crippen LogP contribution < -0.4 is 16.6 Å². The van der Waals surface area contributed by atoms with Gasteiger partial charge in [0.15, 0.2) is 0 Å². The van der Waals surface area contributed by atoms with Gasteiger partial charge in [0.05, 0.1) is 0 Å². The molecule has 0 amide bonds. The van der Waals surface area contributed by atoms with Gasteiger partial charge in [0.25, 0.3) is 0 Å². The van der Waals surface area contributed by atoms with E-state index < -0.39 is 0 Å². The number of aromatic nitrogens is 2. The maximum atomic E-state index is 5.47. The average molecular weight is 297 g/mol. The molecule has 4 N–H and O–H groups in total. The zero-order chi connectivity index (χ0) is 15.0. The fraction of sp³-hybridized carbons (Fsp3) is 0.714. The van der Waals surface area contributed by atoms with E-state index in [0.717, 1.165) is 43.9 Å². The van der Waals surface area contributed by atoms with E-state index in [4.69, 9.17) is 5.84 Å². The zero-order valence-electron chi connectivity index (χ0n) is 13.0. The van der Waals surface area contributed by atoms with Gasteiger partial charge in [-0.2, -0.15) is 11.8 Å². The predicted molar refractivity (Wildman–Crippen MR) is 89.2 cm³/mol. The summed E-state index contributed by atoms with van der Waals surface area (Å²) in [5, 5.41) is 3.44. The minimum Gasteiger partial charge on any atom is -0.369 e. The molecule has 0 atom stereocenters. The molecular weight excluding hydrogens is 270 g/mol. The molecule has 0 saturated carbocycles. The second kappa shape index (κ2) is 8.32. The summed E-state index contributed by atoms with van der Waals surface area (Å²) in [5.41, 5.74) is 2.61. The van der Waals surface area contributed by atoms with Crippen molar-refractivity contribution in [3.8, 4) is 0 Å². The van der Waals surface area contributed by atoms with E-state index >= 15 is 0 Å². The maximum Gasteiger partial charge on any atom is 0.145 e. The number of hydrazine groups is 1. The van der Waals surface area contributed by atoms with Crippen molar-refractivity contribution in [3.05, 3.63) is 11.9 Å². The van der Waals surface area contributed by atoms with Crippen molar-refractivity contribution in [3.63, 3.8) is 0 Å². The summed E-state index contributed by atoms with van der Waals surface area (Å²) in [6, 6.07) is 1.86. The monoisotopic (exact) mass is 297 g/mol. The molecule has 0 bridgehead atoms. The van der Waals surface area contributed by atoms with Gasteiger partial charge in [-0.1, -0.05) is 20.8 Å². The minimum atomic E-state index is 0.256. The number of hydrogen-bond donors (Lipinski definition) is 3. The third-order valence-electron chi connectivity index (χ3n) is 3.71. The van der Waals surface area contributed by atoms with Gasteiger partial charge in [-0.05, 0) is 25.5 Å².